The van der Waals surface area contributed by atoms with E-state index in [4.69, 9.17) is 0 Å². The topological polar surface area (TPSA) is 71.0 Å². The van der Waals surface area contributed by atoms with Gasteiger partial charge in [-0.15, -0.1) is 0 Å². The fraction of sp³-hybridized carbons (Fsp3) is 0.304. The molecule has 1 saturated heterocycles. The fourth-order valence-corrected chi connectivity index (χ4v) is 3.65. The normalized spacial score (nSPS) is 16.3. The Kier molecular flexibility index (Phi) is 5.97. The maximum atomic E-state index is 13.1. The number of piperidine rings is 1. The molecule has 0 radical (unpaired) electrons. The summed E-state index contributed by atoms with van der Waals surface area (Å²) in [5, 5.41) is 3.14. The van der Waals surface area contributed by atoms with Gasteiger partial charge in [0.1, 0.15) is 11.6 Å². The summed E-state index contributed by atoms with van der Waals surface area (Å²) in [4.78, 5) is 27.9. The zero-order chi connectivity index (χ0) is 20.9. The monoisotopic (exact) mass is 405 g/mol. The van der Waals surface area contributed by atoms with Gasteiger partial charge in [0.05, 0.1) is 12.1 Å². The van der Waals surface area contributed by atoms with E-state index in [1.165, 1.54) is 12.1 Å². The zero-order valence-electron chi connectivity index (χ0n) is 16.9. The van der Waals surface area contributed by atoms with Crippen LogP contribution in [0.3, 0.4) is 0 Å². The predicted molar refractivity (Wildman–Crippen MR) is 113 cm³/mol. The number of aryl methyl sites for hydroxylation is 1. The summed E-state index contributed by atoms with van der Waals surface area (Å²) < 4.78 is 13.1. The SMILES string of the molecule is Cc1ccc(Nc2nccc([C@H]3CCCN(C(=O)Cc4ccc(F)cc4)C3)n2)nc1. The van der Waals surface area contributed by atoms with Gasteiger partial charge in [0.25, 0.3) is 0 Å². The highest BCUT2D eigenvalue weighted by Gasteiger charge is 2.26. The van der Waals surface area contributed by atoms with Gasteiger partial charge in [-0.25, -0.2) is 19.3 Å². The summed E-state index contributed by atoms with van der Waals surface area (Å²) in [5.41, 5.74) is 2.82. The summed E-state index contributed by atoms with van der Waals surface area (Å²) >= 11 is 0. The van der Waals surface area contributed by atoms with Crippen LogP contribution >= 0.6 is 0 Å². The largest absolute Gasteiger partial charge is 0.342 e. The highest BCUT2D eigenvalue weighted by Crippen LogP contribution is 2.27. The number of halogens is 1. The fourth-order valence-electron chi connectivity index (χ4n) is 3.65. The van der Waals surface area contributed by atoms with Crippen molar-refractivity contribution in [3.63, 3.8) is 0 Å². The van der Waals surface area contributed by atoms with Crippen molar-refractivity contribution < 1.29 is 9.18 Å². The second-order valence-electron chi connectivity index (χ2n) is 7.63. The van der Waals surface area contributed by atoms with Crippen molar-refractivity contribution in [2.24, 2.45) is 0 Å². The Balaban J connectivity index is 1.42. The minimum absolute atomic E-state index is 0.0579. The van der Waals surface area contributed by atoms with E-state index in [1.807, 2.05) is 30.0 Å². The Bertz CT molecular complexity index is 1010. The van der Waals surface area contributed by atoms with E-state index in [1.54, 1.807) is 24.5 Å². The number of hydrogen-bond donors (Lipinski definition) is 1. The Morgan fingerprint density at radius 2 is 2.00 bits per heavy atom. The van der Waals surface area contributed by atoms with Crippen molar-refractivity contribution in [2.75, 3.05) is 18.4 Å². The molecular weight excluding hydrogens is 381 g/mol. The van der Waals surface area contributed by atoms with Gasteiger partial charge < -0.3 is 10.2 Å². The first-order chi connectivity index (χ1) is 14.6. The minimum Gasteiger partial charge on any atom is -0.342 e. The van der Waals surface area contributed by atoms with Crippen LogP contribution in [0.5, 0.6) is 0 Å². The number of carbonyl (C=O) groups is 1. The molecule has 154 valence electrons. The Morgan fingerprint density at radius 3 is 2.77 bits per heavy atom. The molecule has 7 heteroatoms. The van der Waals surface area contributed by atoms with Gasteiger partial charge in [-0.1, -0.05) is 18.2 Å². The van der Waals surface area contributed by atoms with Crippen LogP contribution in [0.1, 0.15) is 35.6 Å². The van der Waals surface area contributed by atoms with E-state index >= 15 is 0 Å². The Hall–Kier alpha value is -3.35. The average molecular weight is 405 g/mol. The van der Waals surface area contributed by atoms with Gasteiger partial charge in [-0.2, -0.15) is 0 Å². The molecule has 0 aliphatic carbocycles. The van der Waals surface area contributed by atoms with Gasteiger partial charge in [0, 0.05) is 31.4 Å². The molecule has 0 spiro atoms. The van der Waals surface area contributed by atoms with Crippen LogP contribution in [0.15, 0.2) is 54.9 Å². The van der Waals surface area contributed by atoms with E-state index in [-0.39, 0.29) is 24.1 Å². The molecule has 6 nitrogen and oxygen atoms in total. The smallest absolute Gasteiger partial charge is 0.228 e. The average Bonchev–Trinajstić information content (AvgIpc) is 2.77. The van der Waals surface area contributed by atoms with Crippen LogP contribution in [0.2, 0.25) is 0 Å². The standard InChI is InChI=1S/C23H24FN5O/c1-16-4-9-21(26-14-16)28-23-25-11-10-20(27-23)18-3-2-12-29(15-18)22(30)13-17-5-7-19(24)8-6-17/h4-11,14,18H,2-3,12-13,15H2,1H3,(H,25,26,27,28)/t18-/m0/s1. The van der Waals surface area contributed by atoms with Crippen LogP contribution in [0, 0.1) is 12.7 Å². The lowest BCUT2D eigenvalue weighted by atomic mass is 9.94. The number of pyridine rings is 1. The van der Waals surface area contributed by atoms with Gasteiger partial charge in [-0.3, -0.25) is 4.79 Å². The second kappa shape index (κ2) is 8.98. The summed E-state index contributed by atoms with van der Waals surface area (Å²) in [6.45, 7) is 3.35. The van der Waals surface area contributed by atoms with E-state index < -0.39 is 0 Å². The van der Waals surface area contributed by atoms with Crippen LogP contribution in [0.4, 0.5) is 16.2 Å². The van der Waals surface area contributed by atoms with Crippen LogP contribution in [-0.2, 0) is 11.2 Å². The summed E-state index contributed by atoms with van der Waals surface area (Å²) in [6.07, 6.45) is 5.70. The van der Waals surface area contributed by atoms with Crippen molar-refractivity contribution in [1.82, 2.24) is 19.9 Å². The molecule has 4 rings (SSSR count). The molecule has 1 amide bonds. The van der Waals surface area contributed by atoms with Crippen molar-refractivity contribution in [3.8, 4) is 0 Å². The third-order valence-corrected chi connectivity index (χ3v) is 5.29. The van der Waals surface area contributed by atoms with Crippen molar-refractivity contribution >= 4 is 17.7 Å². The van der Waals surface area contributed by atoms with Crippen molar-refractivity contribution in [1.29, 1.82) is 0 Å². The van der Waals surface area contributed by atoms with Gasteiger partial charge in [-0.05, 0) is 55.2 Å². The zero-order valence-corrected chi connectivity index (χ0v) is 16.9. The maximum Gasteiger partial charge on any atom is 0.228 e. The molecule has 1 fully saturated rings. The molecular formula is C23H24FN5O. The summed E-state index contributed by atoms with van der Waals surface area (Å²) in [5.74, 6) is 1.11. The number of nitrogens with zero attached hydrogens (tertiary/aromatic N) is 4. The van der Waals surface area contributed by atoms with Crippen LogP contribution in [-0.4, -0.2) is 38.8 Å². The first kappa shape index (κ1) is 19.9. The molecule has 1 aliphatic rings. The number of anilines is 2. The number of aromatic nitrogens is 3. The molecule has 3 heterocycles. The number of carbonyl (C=O) groups excluding carboxylic acids is 1. The number of amides is 1. The third-order valence-electron chi connectivity index (χ3n) is 5.29. The van der Waals surface area contributed by atoms with Crippen LogP contribution in [0.25, 0.3) is 0 Å². The molecule has 1 atom stereocenters. The molecule has 1 aliphatic heterocycles. The highest BCUT2D eigenvalue weighted by atomic mass is 19.1. The molecule has 3 aromatic rings. The first-order valence-electron chi connectivity index (χ1n) is 10.1. The number of benzene rings is 1. The number of nitrogens with one attached hydrogen (secondary N) is 1. The lowest BCUT2D eigenvalue weighted by molar-refractivity contribution is -0.131. The number of likely N-dealkylation sites (tertiary alicyclic amines) is 1. The second-order valence-corrected chi connectivity index (χ2v) is 7.63. The van der Waals surface area contributed by atoms with E-state index in [0.29, 0.717) is 18.3 Å². The molecule has 0 bridgehead atoms. The van der Waals surface area contributed by atoms with Crippen molar-refractivity contribution in [2.45, 2.75) is 32.1 Å². The Labute approximate surface area is 175 Å². The predicted octanol–water partition coefficient (Wildman–Crippen LogP) is 4.01. The maximum absolute atomic E-state index is 13.1. The molecule has 30 heavy (non-hydrogen) atoms. The van der Waals surface area contributed by atoms with Gasteiger partial charge in [0.15, 0.2) is 0 Å². The first-order valence-corrected chi connectivity index (χ1v) is 10.1. The summed E-state index contributed by atoms with van der Waals surface area (Å²) in [7, 11) is 0. The summed E-state index contributed by atoms with van der Waals surface area (Å²) in [6, 6.07) is 11.9. The van der Waals surface area contributed by atoms with Gasteiger partial charge >= 0.3 is 0 Å². The quantitative estimate of drug-likeness (QED) is 0.694. The van der Waals surface area contributed by atoms with E-state index in [0.717, 1.165) is 36.2 Å². The van der Waals surface area contributed by atoms with Crippen LogP contribution < -0.4 is 5.32 Å². The molecule has 1 N–H and O–H groups in total. The third kappa shape index (κ3) is 4.97. The molecule has 1 aromatic carbocycles. The lowest BCUT2D eigenvalue weighted by Gasteiger charge is -2.32. The molecule has 2 aromatic heterocycles. The molecule has 0 unspecified atom stereocenters. The number of hydrogen-bond acceptors (Lipinski definition) is 5. The van der Waals surface area contributed by atoms with E-state index in [9.17, 15) is 9.18 Å². The van der Waals surface area contributed by atoms with E-state index in [2.05, 4.69) is 20.3 Å². The van der Waals surface area contributed by atoms with Crippen molar-refractivity contribution in [3.05, 3.63) is 77.5 Å². The van der Waals surface area contributed by atoms with Gasteiger partial charge in [0.2, 0.25) is 11.9 Å². The molecule has 0 saturated carbocycles. The Morgan fingerprint density at radius 1 is 1.17 bits per heavy atom. The minimum atomic E-state index is -0.293. The lowest BCUT2D eigenvalue weighted by Crippen LogP contribution is -2.40. The number of rotatable bonds is 5. The highest BCUT2D eigenvalue weighted by molar-refractivity contribution is 5.79.